The summed E-state index contributed by atoms with van der Waals surface area (Å²) in [7, 11) is 0. The van der Waals surface area contributed by atoms with Crippen LogP contribution >= 0.6 is 12.6 Å². The normalized spacial score (nSPS) is 11.9. The number of H-pyrrole nitrogens is 1. The van der Waals surface area contributed by atoms with E-state index in [-0.39, 0.29) is 18.1 Å². The molecule has 0 fully saturated rings. The Labute approximate surface area is 126 Å². The number of ether oxygens (including phenoxy) is 1. The molecule has 2 aromatic rings. The van der Waals surface area contributed by atoms with Gasteiger partial charge in [-0.05, 0) is 19.1 Å². The fourth-order valence-electron chi connectivity index (χ4n) is 1.65. The molecule has 1 amide bonds. The predicted octanol–water partition coefficient (Wildman–Crippen LogP) is 1.26. The van der Waals surface area contributed by atoms with Crippen LogP contribution in [0, 0.1) is 0 Å². The number of nitrogens with one attached hydrogen (secondary N) is 2. The van der Waals surface area contributed by atoms with E-state index in [1.807, 2.05) is 0 Å². The van der Waals surface area contributed by atoms with E-state index in [4.69, 9.17) is 9.15 Å². The van der Waals surface area contributed by atoms with E-state index in [9.17, 15) is 9.59 Å². The number of nitrogens with zero attached hydrogens (tertiary/aromatic N) is 1. The van der Waals surface area contributed by atoms with Gasteiger partial charge in [0.25, 0.3) is 5.91 Å². The van der Waals surface area contributed by atoms with Crippen molar-refractivity contribution < 1.29 is 18.7 Å². The number of carbonyl (C=O) groups excluding carboxylic acids is 2. The highest BCUT2D eigenvalue weighted by molar-refractivity contribution is 7.80. The van der Waals surface area contributed by atoms with Crippen LogP contribution in [0.25, 0.3) is 11.5 Å². The molecule has 8 heteroatoms. The average Bonchev–Trinajstić information content (AvgIpc) is 3.14. The summed E-state index contributed by atoms with van der Waals surface area (Å²) in [6.07, 6.45) is 1.52. The number of furan rings is 1. The molecule has 0 saturated heterocycles. The Morgan fingerprint density at radius 3 is 3.00 bits per heavy atom. The second-order valence-corrected chi connectivity index (χ2v) is 4.47. The fraction of sp³-hybridized carbons (Fsp3) is 0.308. The summed E-state index contributed by atoms with van der Waals surface area (Å²) in [5.74, 6) is -0.309. The highest BCUT2D eigenvalue weighted by Crippen LogP contribution is 2.17. The van der Waals surface area contributed by atoms with Crippen molar-refractivity contribution in [1.29, 1.82) is 0 Å². The number of rotatable bonds is 6. The van der Waals surface area contributed by atoms with Gasteiger partial charge in [-0.25, -0.2) is 4.79 Å². The van der Waals surface area contributed by atoms with Crippen LogP contribution in [-0.4, -0.2) is 40.5 Å². The van der Waals surface area contributed by atoms with Crippen LogP contribution in [0.5, 0.6) is 0 Å². The van der Waals surface area contributed by atoms with Gasteiger partial charge in [0.1, 0.15) is 11.7 Å². The van der Waals surface area contributed by atoms with Crippen LogP contribution in [0.2, 0.25) is 0 Å². The fourth-order valence-corrected chi connectivity index (χ4v) is 1.89. The second-order valence-electron chi connectivity index (χ2n) is 4.10. The largest absolute Gasteiger partial charge is 0.464 e. The van der Waals surface area contributed by atoms with E-state index in [0.29, 0.717) is 11.5 Å². The summed E-state index contributed by atoms with van der Waals surface area (Å²) in [4.78, 5) is 23.6. The van der Waals surface area contributed by atoms with Crippen molar-refractivity contribution in [3.63, 3.8) is 0 Å². The van der Waals surface area contributed by atoms with Crippen molar-refractivity contribution in [3.8, 4) is 11.5 Å². The molecule has 112 valence electrons. The van der Waals surface area contributed by atoms with E-state index in [1.165, 1.54) is 12.3 Å². The van der Waals surface area contributed by atoms with Crippen LogP contribution in [0.4, 0.5) is 0 Å². The first-order valence-electron chi connectivity index (χ1n) is 6.33. The van der Waals surface area contributed by atoms with E-state index in [0.717, 1.165) is 0 Å². The lowest BCUT2D eigenvalue weighted by Crippen LogP contribution is -2.43. The van der Waals surface area contributed by atoms with Gasteiger partial charge in [0.05, 0.1) is 12.9 Å². The molecule has 21 heavy (non-hydrogen) atoms. The molecule has 1 atom stereocenters. The lowest BCUT2D eigenvalue weighted by atomic mass is 10.2. The van der Waals surface area contributed by atoms with Gasteiger partial charge >= 0.3 is 5.97 Å². The number of hydrogen-bond donors (Lipinski definition) is 3. The minimum atomic E-state index is -0.815. The number of hydrogen-bond acceptors (Lipinski definition) is 6. The first-order valence-corrected chi connectivity index (χ1v) is 6.96. The summed E-state index contributed by atoms with van der Waals surface area (Å²) in [5, 5.41) is 9.11. The van der Waals surface area contributed by atoms with Crippen molar-refractivity contribution in [1.82, 2.24) is 15.5 Å². The standard InChI is InChI=1S/C13H15N3O4S/c1-2-19-13(18)10(7-21)14-12(17)9-6-8(15-16-9)11-4-3-5-20-11/h3-6,10,21H,2,7H2,1H3,(H,14,17)(H,15,16)/t10-/m0/s1. The van der Waals surface area contributed by atoms with Crippen molar-refractivity contribution in [3.05, 3.63) is 30.2 Å². The van der Waals surface area contributed by atoms with Gasteiger partial charge in [0.2, 0.25) is 0 Å². The van der Waals surface area contributed by atoms with E-state index in [1.54, 1.807) is 19.1 Å². The average molecular weight is 309 g/mol. The van der Waals surface area contributed by atoms with Crippen molar-refractivity contribution in [2.24, 2.45) is 0 Å². The van der Waals surface area contributed by atoms with Crippen molar-refractivity contribution in [2.45, 2.75) is 13.0 Å². The maximum absolute atomic E-state index is 12.0. The third kappa shape index (κ3) is 3.66. The number of aromatic amines is 1. The van der Waals surface area contributed by atoms with Crippen molar-refractivity contribution in [2.75, 3.05) is 12.4 Å². The molecule has 0 aliphatic carbocycles. The number of aromatic nitrogens is 2. The Bertz CT molecular complexity index is 609. The summed E-state index contributed by atoms with van der Waals surface area (Å²) in [5.41, 5.74) is 0.723. The lowest BCUT2D eigenvalue weighted by molar-refractivity contribution is -0.144. The molecule has 2 aromatic heterocycles. The summed E-state index contributed by atoms with van der Waals surface area (Å²) in [6.45, 7) is 1.93. The van der Waals surface area contributed by atoms with Crippen molar-refractivity contribution >= 4 is 24.5 Å². The summed E-state index contributed by atoms with van der Waals surface area (Å²) in [6, 6.07) is 4.19. The molecule has 7 nitrogen and oxygen atoms in total. The van der Waals surface area contributed by atoms with Crippen LogP contribution in [0.1, 0.15) is 17.4 Å². The first-order chi connectivity index (χ1) is 10.2. The van der Waals surface area contributed by atoms with Crippen LogP contribution in [0.15, 0.2) is 28.9 Å². The molecule has 2 rings (SSSR count). The zero-order valence-corrected chi connectivity index (χ0v) is 12.2. The molecule has 0 spiro atoms. The Morgan fingerprint density at radius 1 is 1.57 bits per heavy atom. The molecule has 2 N–H and O–H groups in total. The van der Waals surface area contributed by atoms with Gasteiger partial charge in [0.15, 0.2) is 11.5 Å². The summed E-state index contributed by atoms with van der Waals surface area (Å²) < 4.78 is 10.0. The molecule has 2 heterocycles. The predicted molar refractivity (Wildman–Crippen MR) is 78.0 cm³/mol. The SMILES string of the molecule is CCOC(=O)[C@H](CS)NC(=O)c1cc(-c2ccco2)[nH]n1. The third-order valence-electron chi connectivity index (χ3n) is 2.66. The van der Waals surface area contributed by atoms with Gasteiger partial charge in [0, 0.05) is 11.8 Å². The Morgan fingerprint density at radius 2 is 2.38 bits per heavy atom. The van der Waals surface area contributed by atoms with Crippen LogP contribution in [0.3, 0.4) is 0 Å². The van der Waals surface area contributed by atoms with Gasteiger partial charge in [-0.1, -0.05) is 0 Å². The number of thiol groups is 1. The van der Waals surface area contributed by atoms with Gasteiger partial charge < -0.3 is 14.5 Å². The smallest absolute Gasteiger partial charge is 0.329 e. The minimum Gasteiger partial charge on any atom is -0.464 e. The van der Waals surface area contributed by atoms with Crippen LogP contribution < -0.4 is 5.32 Å². The first kappa shape index (κ1) is 15.2. The molecule has 0 saturated carbocycles. The molecule has 0 radical (unpaired) electrons. The minimum absolute atomic E-state index is 0.139. The number of carbonyl (C=O) groups is 2. The maximum Gasteiger partial charge on any atom is 0.329 e. The van der Waals surface area contributed by atoms with Gasteiger partial charge in [-0.2, -0.15) is 17.7 Å². The maximum atomic E-state index is 12.0. The Kier molecular flexibility index (Phi) is 5.04. The number of amides is 1. The highest BCUT2D eigenvalue weighted by Gasteiger charge is 2.22. The van der Waals surface area contributed by atoms with Gasteiger partial charge in [-0.15, -0.1) is 0 Å². The second kappa shape index (κ2) is 6.98. The van der Waals surface area contributed by atoms with E-state index in [2.05, 4.69) is 28.1 Å². The zero-order chi connectivity index (χ0) is 15.2. The topological polar surface area (TPSA) is 97.2 Å². The third-order valence-corrected chi connectivity index (χ3v) is 3.02. The molecule has 0 bridgehead atoms. The van der Waals surface area contributed by atoms with E-state index >= 15 is 0 Å². The molecular formula is C13H15N3O4S. The molecule has 0 aliphatic rings. The number of esters is 1. The zero-order valence-electron chi connectivity index (χ0n) is 11.3. The van der Waals surface area contributed by atoms with Crippen LogP contribution in [-0.2, 0) is 9.53 Å². The monoisotopic (exact) mass is 309 g/mol. The highest BCUT2D eigenvalue weighted by atomic mass is 32.1. The van der Waals surface area contributed by atoms with E-state index < -0.39 is 17.9 Å². The molecular weight excluding hydrogens is 294 g/mol. The Hall–Kier alpha value is -2.22. The van der Waals surface area contributed by atoms with Gasteiger partial charge in [-0.3, -0.25) is 9.89 Å². The molecule has 0 unspecified atom stereocenters. The quantitative estimate of drug-likeness (QED) is 0.551. The lowest BCUT2D eigenvalue weighted by Gasteiger charge is -2.13. The molecule has 0 aliphatic heterocycles. The molecule has 0 aromatic carbocycles. The Balaban J connectivity index is 2.04. The summed E-state index contributed by atoms with van der Waals surface area (Å²) >= 11 is 4.03.